The van der Waals surface area contributed by atoms with Crippen LogP contribution in [-0.2, 0) is 4.74 Å². The Kier molecular flexibility index (Phi) is 8.67. The fraction of sp³-hybridized carbons (Fsp3) is 0.600. The summed E-state index contributed by atoms with van der Waals surface area (Å²) in [5, 5.41) is 4.58. The molecule has 0 amide bonds. The number of unbranched alkanes of at least 4 members (excludes halogenated alkanes) is 1. The van der Waals surface area contributed by atoms with Crippen LogP contribution in [0, 0.1) is 0 Å². The van der Waals surface area contributed by atoms with E-state index in [0.717, 1.165) is 56.4 Å². The molecule has 0 aromatic carbocycles. The molecule has 0 spiro atoms. The Morgan fingerprint density at radius 1 is 1.23 bits per heavy atom. The minimum absolute atomic E-state index is 0.609. The van der Waals surface area contributed by atoms with Crippen molar-refractivity contribution in [2.24, 2.45) is 5.10 Å². The van der Waals surface area contributed by atoms with Crippen molar-refractivity contribution in [1.82, 2.24) is 9.88 Å². The third-order valence-corrected chi connectivity index (χ3v) is 6.33. The molecule has 2 aliphatic heterocycles. The van der Waals surface area contributed by atoms with E-state index in [1.165, 1.54) is 24.0 Å². The van der Waals surface area contributed by atoms with Crippen molar-refractivity contribution in [3.05, 3.63) is 41.6 Å². The average Bonchev–Trinajstić information content (AvgIpc) is 2.74. The molecular formula is C25H39N5O. The first-order chi connectivity index (χ1) is 15.0. The molecule has 1 aromatic heterocycles. The van der Waals surface area contributed by atoms with Crippen LogP contribution in [0.3, 0.4) is 0 Å². The Morgan fingerprint density at radius 3 is 2.52 bits per heavy atom. The Hall–Kier alpha value is -2.18. The maximum Gasteiger partial charge on any atom is 0.128 e. The van der Waals surface area contributed by atoms with E-state index in [2.05, 4.69) is 77.4 Å². The first-order valence-electron chi connectivity index (χ1n) is 11.6. The van der Waals surface area contributed by atoms with E-state index in [1.54, 1.807) is 0 Å². The van der Waals surface area contributed by atoms with Crippen LogP contribution < -0.4 is 10.3 Å². The minimum atomic E-state index is 0.609. The highest BCUT2D eigenvalue weighted by molar-refractivity contribution is 6.01. The summed E-state index contributed by atoms with van der Waals surface area (Å²) in [6.07, 6.45) is 10.9. The number of aromatic nitrogens is 1. The van der Waals surface area contributed by atoms with Crippen molar-refractivity contribution in [3.8, 4) is 0 Å². The number of nitrogens with one attached hydrogen (secondary N) is 1. The summed E-state index contributed by atoms with van der Waals surface area (Å²) in [6, 6.07) is 5.43. The van der Waals surface area contributed by atoms with Crippen LogP contribution in [0.5, 0.6) is 0 Å². The van der Waals surface area contributed by atoms with Gasteiger partial charge in [0.15, 0.2) is 0 Å². The minimum Gasteiger partial charge on any atom is -0.378 e. The van der Waals surface area contributed by atoms with Crippen molar-refractivity contribution >= 4 is 17.2 Å². The van der Waals surface area contributed by atoms with Gasteiger partial charge in [-0.2, -0.15) is 5.10 Å². The smallest absolute Gasteiger partial charge is 0.128 e. The van der Waals surface area contributed by atoms with Gasteiger partial charge in [-0.25, -0.2) is 4.98 Å². The predicted molar refractivity (Wildman–Crippen MR) is 131 cm³/mol. The Bertz CT molecular complexity index is 783. The number of hydrogen-bond donors (Lipinski definition) is 1. The topological polar surface area (TPSA) is 53.0 Å². The first kappa shape index (κ1) is 23.5. The number of rotatable bonds is 9. The highest BCUT2D eigenvalue weighted by Crippen LogP contribution is 2.24. The standard InChI is InChI=1S/C25H39N5O/c1-6-7-8-9-24(19(2)3)20(4)27-28-21-10-11-25(26-16-21)30-14-12-22(13-15-30)29(5)23-17-31-18-23/h8-11,16,22-23,28H,6-7,12-15,17-18H2,1-5H3/b9-8-,27-20+. The Labute approximate surface area is 188 Å². The van der Waals surface area contributed by atoms with Crippen LogP contribution in [0.1, 0.15) is 53.4 Å². The van der Waals surface area contributed by atoms with Crippen molar-refractivity contribution in [1.29, 1.82) is 0 Å². The number of pyridine rings is 1. The fourth-order valence-electron chi connectivity index (χ4n) is 4.12. The lowest BCUT2D eigenvalue weighted by Gasteiger charge is -2.43. The van der Waals surface area contributed by atoms with Gasteiger partial charge in [0.05, 0.1) is 36.9 Å². The molecule has 0 aliphatic carbocycles. The zero-order valence-electron chi connectivity index (χ0n) is 19.9. The van der Waals surface area contributed by atoms with Crippen LogP contribution >= 0.6 is 0 Å². The SMILES string of the molecule is CCC/C=C\C(=C(C)C)/C(C)=N/Nc1ccc(N2CCC(N(C)C3COC3)CC2)nc1. The lowest BCUT2D eigenvalue weighted by Crippen LogP contribution is -2.54. The number of hydrazone groups is 1. The molecule has 6 nitrogen and oxygen atoms in total. The van der Waals surface area contributed by atoms with Gasteiger partial charge < -0.3 is 9.64 Å². The van der Waals surface area contributed by atoms with E-state index in [-0.39, 0.29) is 0 Å². The zero-order chi connectivity index (χ0) is 22.2. The summed E-state index contributed by atoms with van der Waals surface area (Å²) in [5.41, 5.74) is 7.52. The van der Waals surface area contributed by atoms with Gasteiger partial charge in [0.25, 0.3) is 0 Å². The van der Waals surface area contributed by atoms with Gasteiger partial charge in [0.1, 0.15) is 5.82 Å². The Morgan fingerprint density at radius 2 is 1.97 bits per heavy atom. The van der Waals surface area contributed by atoms with E-state index >= 15 is 0 Å². The molecule has 0 radical (unpaired) electrons. The van der Waals surface area contributed by atoms with Crippen LogP contribution in [0.2, 0.25) is 0 Å². The molecule has 6 heteroatoms. The summed E-state index contributed by atoms with van der Waals surface area (Å²) in [7, 11) is 2.25. The predicted octanol–water partition coefficient (Wildman–Crippen LogP) is 4.86. The first-order valence-corrected chi connectivity index (χ1v) is 11.6. The highest BCUT2D eigenvalue weighted by atomic mass is 16.5. The van der Waals surface area contributed by atoms with Crippen LogP contribution in [-0.4, -0.2) is 61.0 Å². The maximum absolute atomic E-state index is 5.35. The van der Waals surface area contributed by atoms with E-state index < -0.39 is 0 Å². The van der Waals surface area contributed by atoms with E-state index in [1.807, 2.05) is 13.1 Å². The second-order valence-electron chi connectivity index (χ2n) is 8.89. The maximum atomic E-state index is 5.35. The molecule has 2 aliphatic rings. The average molecular weight is 426 g/mol. The summed E-state index contributed by atoms with van der Waals surface area (Å²) in [5.74, 6) is 1.05. The third kappa shape index (κ3) is 6.40. The van der Waals surface area contributed by atoms with Crippen molar-refractivity contribution in [2.45, 2.75) is 65.5 Å². The normalized spacial score (nSPS) is 18.5. The van der Waals surface area contributed by atoms with Crippen LogP contribution in [0.25, 0.3) is 0 Å². The van der Waals surface area contributed by atoms with E-state index in [9.17, 15) is 0 Å². The fourth-order valence-corrected chi connectivity index (χ4v) is 4.12. The van der Waals surface area contributed by atoms with Crippen molar-refractivity contribution < 1.29 is 4.74 Å². The van der Waals surface area contributed by atoms with Gasteiger partial charge in [-0.15, -0.1) is 0 Å². The number of piperidine rings is 1. The summed E-state index contributed by atoms with van der Waals surface area (Å²) >= 11 is 0. The molecule has 3 heterocycles. The van der Waals surface area contributed by atoms with Gasteiger partial charge in [-0.1, -0.05) is 31.1 Å². The Balaban J connectivity index is 1.53. The van der Waals surface area contributed by atoms with Crippen LogP contribution in [0.15, 0.2) is 46.7 Å². The molecule has 0 atom stereocenters. The van der Waals surface area contributed by atoms with Gasteiger partial charge in [-0.05, 0) is 64.8 Å². The van der Waals surface area contributed by atoms with Gasteiger partial charge in [0.2, 0.25) is 0 Å². The molecule has 3 rings (SSSR count). The van der Waals surface area contributed by atoms with E-state index in [4.69, 9.17) is 4.74 Å². The summed E-state index contributed by atoms with van der Waals surface area (Å²) in [4.78, 5) is 9.59. The molecule has 1 aromatic rings. The van der Waals surface area contributed by atoms with Crippen molar-refractivity contribution in [3.63, 3.8) is 0 Å². The van der Waals surface area contributed by atoms with Gasteiger partial charge in [0, 0.05) is 19.1 Å². The third-order valence-electron chi connectivity index (χ3n) is 6.33. The number of hydrogen-bond acceptors (Lipinski definition) is 6. The second-order valence-corrected chi connectivity index (χ2v) is 8.89. The lowest BCUT2D eigenvalue weighted by molar-refractivity contribution is -0.0718. The van der Waals surface area contributed by atoms with Crippen LogP contribution in [0.4, 0.5) is 11.5 Å². The molecule has 2 fully saturated rings. The molecule has 0 unspecified atom stereocenters. The summed E-state index contributed by atoms with van der Waals surface area (Å²) < 4.78 is 5.35. The van der Waals surface area contributed by atoms with Gasteiger partial charge in [-0.3, -0.25) is 10.3 Å². The number of ether oxygens (including phenoxy) is 1. The lowest BCUT2D eigenvalue weighted by atomic mass is 10.0. The zero-order valence-corrected chi connectivity index (χ0v) is 19.9. The monoisotopic (exact) mass is 425 g/mol. The molecule has 2 saturated heterocycles. The van der Waals surface area contributed by atoms with Crippen molar-refractivity contribution in [2.75, 3.05) is 43.7 Å². The molecule has 0 bridgehead atoms. The largest absolute Gasteiger partial charge is 0.378 e. The number of likely N-dealkylation sites (N-methyl/N-ethyl adjacent to an activating group) is 1. The molecule has 0 saturated carbocycles. The molecule has 31 heavy (non-hydrogen) atoms. The number of nitrogens with zero attached hydrogens (tertiary/aromatic N) is 4. The van der Waals surface area contributed by atoms with E-state index in [0.29, 0.717) is 12.1 Å². The highest BCUT2D eigenvalue weighted by Gasteiger charge is 2.31. The quantitative estimate of drug-likeness (QED) is 0.348. The number of allylic oxidation sites excluding steroid dienone is 4. The van der Waals surface area contributed by atoms with Gasteiger partial charge >= 0.3 is 0 Å². The summed E-state index contributed by atoms with van der Waals surface area (Å²) in [6.45, 7) is 12.4. The second kappa shape index (κ2) is 11.4. The number of anilines is 2. The molecule has 1 N–H and O–H groups in total. The molecular weight excluding hydrogens is 386 g/mol. The molecule has 170 valence electrons.